The Hall–Kier alpha value is -1.26. The Kier molecular flexibility index (Phi) is 4.36. The molecule has 0 aromatic heterocycles. The van der Waals surface area contributed by atoms with Crippen LogP contribution in [0, 0.1) is 0 Å². The zero-order valence-corrected chi connectivity index (χ0v) is 12.6. The molecule has 1 N–H and O–H groups in total. The molecule has 0 radical (unpaired) electrons. The van der Waals surface area contributed by atoms with Crippen molar-refractivity contribution >= 4 is 17.7 Å². The molecule has 1 aliphatic heterocycles. The Bertz CT molecular complexity index is 516. The number of benzene rings is 1. The molecule has 1 aromatic rings. The predicted molar refractivity (Wildman–Crippen MR) is 80.3 cm³/mol. The molecule has 114 valence electrons. The zero-order chi connectivity index (χ0) is 14.8. The van der Waals surface area contributed by atoms with Gasteiger partial charge in [-0.2, -0.15) is 0 Å². The molecule has 3 rings (SSSR count). The van der Waals surface area contributed by atoms with Gasteiger partial charge < -0.3 is 14.7 Å². The molecule has 1 amide bonds. The van der Waals surface area contributed by atoms with Crippen LogP contribution in [0.15, 0.2) is 24.3 Å². The summed E-state index contributed by atoms with van der Waals surface area (Å²) in [6.45, 7) is 0.319. The first-order chi connectivity index (χ1) is 10.2. The number of aliphatic hydroxyl groups is 1. The molecule has 0 spiro atoms. The fourth-order valence-corrected chi connectivity index (χ4v) is 3.54. The first-order valence-corrected chi connectivity index (χ1v) is 7.94. The van der Waals surface area contributed by atoms with Gasteiger partial charge in [0, 0.05) is 16.6 Å². The Morgan fingerprint density at radius 3 is 2.62 bits per heavy atom. The fourth-order valence-electron chi connectivity index (χ4n) is 3.29. The molecule has 0 bridgehead atoms. The number of β-amino-alcohol motifs (C(OH)–C–C–N with tert-alkyl or cyclic N) is 1. The summed E-state index contributed by atoms with van der Waals surface area (Å²) in [6.07, 6.45) is 3.74. The smallest absolute Gasteiger partial charge is 0.410 e. The minimum absolute atomic E-state index is 0.202. The highest BCUT2D eigenvalue weighted by Crippen LogP contribution is 2.34. The normalized spacial score (nSPS) is 27.5. The number of ether oxygens (including phenoxy) is 1. The highest BCUT2D eigenvalue weighted by molar-refractivity contribution is 6.31. The Labute approximate surface area is 129 Å². The van der Waals surface area contributed by atoms with E-state index in [4.69, 9.17) is 16.3 Å². The molecule has 2 atom stereocenters. The third-order valence-corrected chi connectivity index (χ3v) is 4.77. The second-order valence-electron chi connectivity index (χ2n) is 5.84. The summed E-state index contributed by atoms with van der Waals surface area (Å²) >= 11 is 6.14. The van der Waals surface area contributed by atoms with Crippen LogP contribution < -0.4 is 0 Å². The van der Waals surface area contributed by atoms with Crippen molar-refractivity contribution in [2.24, 2.45) is 0 Å². The van der Waals surface area contributed by atoms with E-state index in [9.17, 15) is 9.90 Å². The lowest BCUT2D eigenvalue weighted by Crippen LogP contribution is -2.52. The van der Waals surface area contributed by atoms with E-state index in [1.165, 1.54) is 6.42 Å². The summed E-state index contributed by atoms with van der Waals surface area (Å²) in [4.78, 5) is 14.0. The van der Waals surface area contributed by atoms with Crippen molar-refractivity contribution in [2.45, 2.75) is 50.4 Å². The number of hydrogen-bond acceptors (Lipinski definition) is 3. The van der Waals surface area contributed by atoms with E-state index in [1.54, 1.807) is 17.0 Å². The molecule has 4 nitrogen and oxygen atoms in total. The summed E-state index contributed by atoms with van der Waals surface area (Å²) in [5.41, 5.74) is 0.670. The Balaban J connectivity index is 1.75. The summed E-state index contributed by atoms with van der Waals surface area (Å²) in [5, 5.41) is 10.9. The van der Waals surface area contributed by atoms with Crippen molar-refractivity contribution in [1.29, 1.82) is 0 Å². The van der Waals surface area contributed by atoms with E-state index in [1.807, 2.05) is 12.1 Å². The molecular weight excluding hydrogens is 290 g/mol. The van der Waals surface area contributed by atoms with Gasteiger partial charge in [0.25, 0.3) is 0 Å². The van der Waals surface area contributed by atoms with Crippen molar-refractivity contribution < 1.29 is 14.6 Å². The van der Waals surface area contributed by atoms with Gasteiger partial charge >= 0.3 is 6.09 Å². The zero-order valence-electron chi connectivity index (χ0n) is 11.9. The van der Waals surface area contributed by atoms with Crippen molar-refractivity contribution in [2.75, 3.05) is 6.54 Å². The maximum Gasteiger partial charge on any atom is 0.410 e. The number of carbonyl (C=O) groups excluding carboxylic acids is 1. The third kappa shape index (κ3) is 3.01. The molecule has 2 fully saturated rings. The quantitative estimate of drug-likeness (QED) is 0.909. The third-order valence-electron chi connectivity index (χ3n) is 4.42. The number of nitrogens with zero attached hydrogens (tertiary/aromatic N) is 1. The minimum Gasteiger partial charge on any atom is -0.438 e. The van der Waals surface area contributed by atoms with Crippen LogP contribution in [0.25, 0.3) is 0 Å². The minimum atomic E-state index is -0.746. The molecule has 1 aromatic carbocycles. The van der Waals surface area contributed by atoms with Crippen molar-refractivity contribution in [1.82, 2.24) is 4.90 Å². The molecule has 2 unspecified atom stereocenters. The van der Waals surface area contributed by atoms with Gasteiger partial charge in [-0.15, -0.1) is 0 Å². The van der Waals surface area contributed by atoms with Crippen LogP contribution in [0.1, 0.15) is 43.8 Å². The standard InChI is InChI=1S/C16H20ClNO3/c17-13-9-5-4-8-12(13)15-14(19)10-18(16(20)21-15)11-6-2-1-3-7-11/h4-5,8-9,11,14-15,19H,1-3,6-7,10H2. The van der Waals surface area contributed by atoms with E-state index in [2.05, 4.69) is 0 Å². The molecule has 1 heterocycles. The second-order valence-corrected chi connectivity index (χ2v) is 6.24. The largest absolute Gasteiger partial charge is 0.438 e. The van der Waals surface area contributed by atoms with Crippen LogP contribution in [0.2, 0.25) is 5.02 Å². The molecule has 21 heavy (non-hydrogen) atoms. The maximum atomic E-state index is 12.3. The van der Waals surface area contributed by atoms with Gasteiger partial charge in [-0.3, -0.25) is 0 Å². The van der Waals surface area contributed by atoms with Gasteiger partial charge in [-0.05, 0) is 18.9 Å². The number of carbonyl (C=O) groups is 1. The van der Waals surface area contributed by atoms with Crippen LogP contribution in [-0.4, -0.2) is 34.8 Å². The van der Waals surface area contributed by atoms with E-state index in [-0.39, 0.29) is 12.1 Å². The van der Waals surface area contributed by atoms with Crippen LogP contribution >= 0.6 is 11.6 Å². The number of cyclic esters (lactones) is 1. The van der Waals surface area contributed by atoms with E-state index in [0.717, 1.165) is 25.7 Å². The Morgan fingerprint density at radius 1 is 1.19 bits per heavy atom. The molecule has 1 saturated heterocycles. The lowest BCUT2D eigenvalue weighted by molar-refractivity contribution is -0.0724. The number of aliphatic hydroxyl groups excluding tert-OH is 1. The first-order valence-electron chi connectivity index (χ1n) is 7.56. The molecule has 2 aliphatic rings. The van der Waals surface area contributed by atoms with Crippen LogP contribution in [0.4, 0.5) is 4.79 Å². The lowest BCUT2D eigenvalue weighted by Gasteiger charge is -2.41. The molecule has 5 heteroatoms. The number of halogens is 1. The van der Waals surface area contributed by atoms with Gasteiger partial charge in [-0.1, -0.05) is 49.1 Å². The highest BCUT2D eigenvalue weighted by atomic mass is 35.5. The van der Waals surface area contributed by atoms with Gasteiger partial charge in [0.05, 0.1) is 6.54 Å². The van der Waals surface area contributed by atoms with Gasteiger partial charge in [-0.25, -0.2) is 4.79 Å². The molecule has 1 saturated carbocycles. The average molecular weight is 310 g/mol. The predicted octanol–water partition coefficient (Wildman–Crippen LogP) is 3.53. The highest BCUT2D eigenvalue weighted by Gasteiger charge is 2.39. The number of amides is 1. The van der Waals surface area contributed by atoms with Crippen molar-refractivity contribution in [3.05, 3.63) is 34.9 Å². The summed E-state index contributed by atoms with van der Waals surface area (Å²) in [7, 11) is 0. The SMILES string of the molecule is O=C1OC(c2ccccc2Cl)C(O)CN1C1CCCCC1. The van der Waals surface area contributed by atoms with E-state index in [0.29, 0.717) is 17.1 Å². The Morgan fingerprint density at radius 2 is 1.90 bits per heavy atom. The van der Waals surface area contributed by atoms with Gasteiger partial charge in [0.15, 0.2) is 6.10 Å². The van der Waals surface area contributed by atoms with Gasteiger partial charge in [0.1, 0.15) is 6.10 Å². The second kappa shape index (κ2) is 6.24. The molecule has 1 aliphatic carbocycles. The average Bonchev–Trinajstić information content (AvgIpc) is 2.51. The van der Waals surface area contributed by atoms with Crippen LogP contribution in [-0.2, 0) is 4.74 Å². The van der Waals surface area contributed by atoms with Crippen LogP contribution in [0.3, 0.4) is 0 Å². The van der Waals surface area contributed by atoms with Crippen molar-refractivity contribution in [3.8, 4) is 0 Å². The van der Waals surface area contributed by atoms with E-state index >= 15 is 0 Å². The van der Waals surface area contributed by atoms with E-state index < -0.39 is 12.2 Å². The number of rotatable bonds is 2. The summed E-state index contributed by atoms with van der Waals surface area (Å²) < 4.78 is 5.48. The number of hydrogen-bond donors (Lipinski definition) is 1. The molecular formula is C16H20ClNO3. The maximum absolute atomic E-state index is 12.3. The monoisotopic (exact) mass is 309 g/mol. The van der Waals surface area contributed by atoms with Crippen molar-refractivity contribution in [3.63, 3.8) is 0 Å². The summed E-state index contributed by atoms with van der Waals surface area (Å²) in [6, 6.07) is 7.38. The fraction of sp³-hybridized carbons (Fsp3) is 0.562. The first kappa shape index (κ1) is 14.7. The van der Waals surface area contributed by atoms with Gasteiger partial charge in [0.2, 0.25) is 0 Å². The van der Waals surface area contributed by atoms with Crippen LogP contribution in [0.5, 0.6) is 0 Å². The topological polar surface area (TPSA) is 49.8 Å². The lowest BCUT2D eigenvalue weighted by atomic mass is 9.93. The summed E-state index contributed by atoms with van der Waals surface area (Å²) in [5.74, 6) is 0.